The molecule has 2 heterocycles. The Morgan fingerprint density at radius 3 is 2.50 bits per heavy atom. The molecule has 8 nitrogen and oxygen atoms in total. The molecule has 0 aliphatic carbocycles. The van der Waals surface area contributed by atoms with E-state index in [1.165, 1.54) is 15.6 Å². The van der Waals surface area contributed by atoms with Crippen molar-refractivity contribution in [2.24, 2.45) is 0 Å². The maximum atomic E-state index is 13.7. The Labute approximate surface area is 198 Å². The molecule has 2 amide bonds. The number of carbonyl (C=O) groups is 3. The van der Waals surface area contributed by atoms with E-state index in [1.54, 1.807) is 13.8 Å². The van der Waals surface area contributed by atoms with Gasteiger partial charge in [-0.2, -0.15) is 5.10 Å². The summed E-state index contributed by atoms with van der Waals surface area (Å²) in [5.41, 5.74) is 2.63. The van der Waals surface area contributed by atoms with Gasteiger partial charge in [-0.15, -0.1) is 0 Å². The largest absolute Gasteiger partial charge is 0.461 e. The van der Waals surface area contributed by atoms with Gasteiger partial charge in [-0.05, 0) is 56.5 Å². The third-order valence-electron chi connectivity index (χ3n) is 6.17. The van der Waals surface area contributed by atoms with Crippen molar-refractivity contribution >= 4 is 23.5 Å². The Morgan fingerprint density at radius 2 is 1.82 bits per heavy atom. The first-order valence-electron chi connectivity index (χ1n) is 11.2. The van der Waals surface area contributed by atoms with E-state index in [9.17, 15) is 14.4 Å². The maximum absolute atomic E-state index is 13.7. The first-order valence-corrected chi connectivity index (χ1v) is 11.2. The quantitative estimate of drug-likeness (QED) is 0.569. The van der Waals surface area contributed by atoms with Gasteiger partial charge in [0.2, 0.25) is 5.91 Å². The lowest BCUT2D eigenvalue weighted by molar-refractivity contribution is -0.126. The highest BCUT2D eigenvalue weighted by molar-refractivity contribution is 6.12. The molecular weight excluding hydrogens is 432 g/mol. The third-order valence-corrected chi connectivity index (χ3v) is 6.17. The number of amides is 2. The lowest BCUT2D eigenvalue weighted by Crippen LogP contribution is -2.64. The summed E-state index contributed by atoms with van der Waals surface area (Å²) < 4.78 is 6.47. The highest BCUT2D eigenvalue weighted by Crippen LogP contribution is 2.34. The molecule has 8 heteroatoms. The predicted molar refractivity (Wildman–Crippen MR) is 128 cm³/mol. The minimum Gasteiger partial charge on any atom is -0.461 e. The average molecular weight is 461 g/mol. The summed E-state index contributed by atoms with van der Waals surface area (Å²) in [5.74, 6) is -1.33. The number of aromatic nitrogens is 2. The zero-order valence-electron chi connectivity index (χ0n) is 19.8. The number of benzene rings is 2. The Bertz CT molecular complexity index is 1250. The van der Waals surface area contributed by atoms with Gasteiger partial charge in [0.05, 0.1) is 13.2 Å². The van der Waals surface area contributed by atoms with Crippen LogP contribution in [0.5, 0.6) is 0 Å². The molecule has 1 aliphatic rings. The van der Waals surface area contributed by atoms with Crippen molar-refractivity contribution in [3.63, 3.8) is 0 Å². The molecule has 1 atom stereocenters. The minimum absolute atomic E-state index is 0.0409. The van der Waals surface area contributed by atoms with Crippen LogP contribution in [0.15, 0.2) is 54.6 Å². The highest BCUT2D eigenvalue weighted by Gasteiger charge is 2.49. The van der Waals surface area contributed by atoms with Crippen molar-refractivity contribution in [2.45, 2.75) is 46.3 Å². The molecule has 0 radical (unpaired) electrons. The van der Waals surface area contributed by atoms with Crippen LogP contribution in [-0.2, 0) is 22.6 Å². The van der Waals surface area contributed by atoms with E-state index >= 15 is 0 Å². The molecule has 0 bridgehead atoms. The molecule has 2 aromatic carbocycles. The van der Waals surface area contributed by atoms with Crippen LogP contribution in [0.25, 0.3) is 0 Å². The normalized spacial score (nSPS) is 17.3. The number of anilines is 1. The maximum Gasteiger partial charge on any atom is 0.358 e. The van der Waals surface area contributed by atoms with E-state index in [4.69, 9.17) is 4.74 Å². The van der Waals surface area contributed by atoms with E-state index < -0.39 is 17.4 Å². The number of ether oxygens (including phenoxy) is 1. The van der Waals surface area contributed by atoms with E-state index in [0.717, 1.165) is 16.7 Å². The molecule has 0 fully saturated rings. The number of nitrogens with zero attached hydrogens (tertiary/aromatic N) is 3. The summed E-state index contributed by atoms with van der Waals surface area (Å²) in [4.78, 5) is 41.1. The van der Waals surface area contributed by atoms with Crippen LogP contribution in [0.1, 0.15) is 51.5 Å². The lowest BCUT2D eigenvalue weighted by Gasteiger charge is -2.43. The molecular formula is C26H28N4O4. The molecule has 0 spiro atoms. The Balaban J connectivity index is 1.75. The van der Waals surface area contributed by atoms with E-state index in [2.05, 4.69) is 10.4 Å². The van der Waals surface area contributed by atoms with E-state index in [1.807, 2.05) is 62.4 Å². The van der Waals surface area contributed by atoms with Gasteiger partial charge in [-0.1, -0.05) is 36.4 Å². The van der Waals surface area contributed by atoms with Crippen molar-refractivity contribution in [3.05, 3.63) is 82.7 Å². The fourth-order valence-corrected chi connectivity index (χ4v) is 4.12. The summed E-state index contributed by atoms with van der Waals surface area (Å²) in [6.07, 6.45) is 0. The highest BCUT2D eigenvalue weighted by atomic mass is 16.5. The molecule has 0 saturated heterocycles. The van der Waals surface area contributed by atoms with Crippen molar-refractivity contribution < 1.29 is 19.1 Å². The van der Waals surface area contributed by atoms with Crippen LogP contribution < -0.4 is 10.2 Å². The number of nitrogens with one attached hydrogen (secondary N) is 1. The predicted octanol–water partition coefficient (Wildman–Crippen LogP) is 3.41. The number of hydrogen-bond acceptors (Lipinski definition) is 5. The van der Waals surface area contributed by atoms with Gasteiger partial charge in [-0.3, -0.25) is 19.2 Å². The molecule has 1 unspecified atom stereocenters. The summed E-state index contributed by atoms with van der Waals surface area (Å²) in [6.45, 7) is 7.98. The fourth-order valence-electron chi connectivity index (χ4n) is 4.12. The van der Waals surface area contributed by atoms with Gasteiger partial charge in [0.15, 0.2) is 5.69 Å². The number of aryl methyl sites for hydroxylation is 2. The van der Waals surface area contributed by atoms with Crippen molar-refractivity contribution in [1.82, 2.24) is 15.1 Å². The Morgan fingerprint density at radius 1 is 1.09 bits per heavy atom. The summed E-state index contributed by atoms with van der Waals surface area (Å²) in [6, 6.07) is 16.7. The fraction of sp³-hybridized carbons (Fsp3) is 0.308. The molecule has 176 valence electrons. The second kappa shape index (κ2) is 9.13. The van der Waals surface area contributed by atoms with Gasteiger partial charge in [0, 0.05) is 18.3 Å². The number of rotatable bonds is 6. The second-order valence-electron chi connectivity index (χ2n) is 8.64. The topological polar surface area (TPSA) is 93.5 Å². The van der Waals surface area contributed by atoms with Crippen LogP contribution in [0, 0.1) is 13.8 Å². The third kappa shape index (κ3) is 4.19. The van der Waals surface area contributed by atoms with E-state index in [-0.39, 0.29) is 30.4 Å². The van der Waals surface area contributed by atoms with Crippen molar-refractivity contribution in [2.75, 3.05) is 11.5 Å². The first-order chi connectivity index (χ1) is 16.2. The van der Waals surface area contributed by atoms with E-state index in [0.29, 0.717) is 12.2 Å². The molecule has 34 heavy (non-hydrogen) atoms. The Kier molecular flexibility index (Phi) is 6.24. The monoisotopic (exact) mass is 460 g/mol. The van der Waals surface area contributed by atoms with Gasteiger partial charge in [0.1, 0.15) is 11.2 Å². The molecule has 1 aromatic heterocycles. The average Bonchev–Trinajstić information content (AvgIpc) is 3.25. The molecule has 0 saturated carbocycles. The number of esters is 1. The van der Waals surface area contributed by atoms with Crippen LogP contribution in [0.3, 0.4) is 0 Å². The molecule has 1 aliphatic heterocycles. The van der Waals surface area contributed by atoms with Crippen LogP contribution in [0.2, 0.25) is 0 Å². The smallest absolute Gasteiger partial charge is 0.358 e. The Hall–Kier alpha value is -3.94. The van der Waals surface area contributed by atoms with Crippen LogP contribution in [-0.4, -0.2) is 39.7 Å². The summed E-state index contributed by atoms with van der Waals surface area (Å²) in [7, 11) is 0. The van der Waals surface area contributed by atoms with Crippen LogP contribution in [0.4, 0.5) is 5.69 Å². The van der Waals surface area contributed by atoms with Gasteiger partial charge in [0.25, 0.3) is 5.91 Å². The number of fused-ring (bicyclic) bond motifs is 1. The van der Waals surface area contributed by atoms with Crippen molar-refractivity contribution in [1.29, 1.82) is 0 Å². The first kappa shape index (κ1) is 23.2. The van der Waals surface area contributed by atoms with Crippen LogP contribution >= 0.6 is 0 Å². The molecule has 3 aromatic rings. The second-order valence-corrected chi connectivity index (χ2v) is 8.64. The van der Waals surface area contributed by atoms with Gasteiger partial charge < -0.3 is 10.1 Å². The molecule has 4 rings (SSSR count). The SMILES string of the molecule is CCOC(=O)c1cc2n(n1)CC(C)(C(=O)NCc1ccccc1)N(c1ccc(C)c(C)c1)C2=O. The summed E-state index contributed by atoms with van der Waals surface area (Å²) >= 11 is 0. The zero-order valence-corrected chi connectivity index (χ0v) is 19.8. The lowest BCUT2D eigenvalue weighted by atomic mass is 9.93. The zero-order chi connectivity index (χ0) is 24.5. The van der Waals surface area contributed by atoms with Gasteiger partial charge in [-0.25, -0.2) is 4.79 Å². The number of carbonyl (C=O) groups excluding carboxylic acids is 3. The number of hydrogen-bond donors (Lipinski definition) is 1. The standard InChI is InChI=1S/C26H28N4O4/c1-5-34-24(32)21-14-22-23(31)30(20-12-11-17(2)18(3)13-20)26(4,16-29(22)28-21)25(33)27-15-19-9-7-6-8-10-19/h6-14H,5,15-16H2,1-4H3,(H,27,33). The minimum atomic E-state index is -1.28. The van der Waals surface area contributed by atoms with Gasteiger partial charge >= 0.3 is 5.97 Å². The molecule has 1 N–H and O–H groups in total. The van der Waals surface area contributed by atoms with Crippen molar-refractivity contribution in [3.8, 4) is 0 Å². The summed E-state index contributed by atoms with van der Waals surface area (Å²) in [5, 5.41) is 7.26.